The summed E-state index contributed by atoms with van der Waals surface area (Å²) in [5.74, 6) is 0. The highest BCUT2D eigenvalue weighted by Gasteiger charge is 1.92. The molecule has 0 aliphatic rings. The van der Waals surface area contributed by atoms with Gasteiger partial charge in [-0.15, -0.1) is 0 Å². The molecule has 0 saturated carbocycles. The Balaban J connectivity index is 2.92. The van der Waals surface area contributed by atoms with Crippen LogP contribution in [0, 0.1) is 0 Å². The summed E-state index contributed by atoms with van der Waals surface area (Å²) in [6, 6.07) is 0. The molecule has 0 radical (unpaired) electrons. The summed E-state index contributed by atoms with van der Waals surface area (Å²) in [5, 5.41) is 1.01. The fourth-order valence-electron chi connectivity index (χ4n) is 2.28. The molecule has 18 heavy (non-hydrogen) atoms. The molecule has 0 unspecified atom stereocenters. The average molecular weight is 317 g/mol. The van der Waals surface area contributed by atoms with Crippen molar-refractivity contribution in [3.8, 4) is 0 Å². The first kappa shape index (κ1) is 18.2. The van der Waals surface area contributed by atoms with E-state index in [0.29, 0.717) is 0 Å². The number of unbranched alkanes of at least 4 members (excludes halogenated alkanes) is 12. The Bertz CT molecular complexity index is 163. The largest absolute Gasteiger partial charge is 0.0883 e. The second kappa shape index (κ2) is 17.2. The lowest BCUT2D eigenvalue weighted by molar-refractivity contribution is 0.545. The van der Waals surface area contributed by atoms with Gasteiger partial charge in [0, 0.05) is 5.33 Å². The Kier molecular flexibility index (Phi) is 17.4. The maximum Gasteiger partial charge on any atom is 0.0212 e. The standard InChI is InChI=1S/C17H33Br/c1-2-3-4-5-6-7-8-9-10-11-12-13-14-15-16-17-18/h15-16H,2-14,17H2,1H3/b16-15+. The number of allylic oxidation sites excluding steroid dienone is 2. The molecule has 108 valence electrons. The highest BCUT2D eigenvalue weighted by atomic mass is 79.9. The molecular weight excluding hydrogens is 284 g/mol. The third kappa shape index (κ3) is 16.2. The molecule has 0 atom stereocenters. The van der Waals surface area contributed by atoms with Crippen LogP contribution in [0.25, 0.3) is 0 Å². The van der Waals surface area contributed by atoms with Gasteiger partial charge < -0.3 is 0 Å². The zero-order valence-electron chi connectivity index (χ0n) is 12.4. The summed E-state index contributed by atoms with van der Waals surface area (Å²) in [6.45, 7) is 2.29. The van der Waals surface area contributed by atoms with Crippen LogP contribution in [0.1, 0.15) is 90.4 Å². The van der Waals surface area contributed by atoms with E-state index in [2.05, 4.69) is 35.0 Å². The van der Waals surface area contributed by atoms with Gasteiger partial charge in [0.25, 0.3) is 0 Å². The lowest BCUT2D eigenvalue weighted by Gasteiger charge is -2.02. The van der Waals surface area contributed by atoms with E-state index >= 15 is 0 Å². The van der Waals surface area contributed by atoms with Crippen LogP contribution in [0.3, 0.4) is 0 Å². The molecule has 0 aromatic rings. The Hall–Kier alpha value is 0.220. The molecule has 0 saturated heterocycles. The topological polar surface area (TPSA) is 0 Å². The number of alkyl halides is 1. The average Bonchev–Trinajstić information content (AvgIpc) is 2.39. The van der Waals surface area contributed by atoms with Crippen molar-refractivity contribution in [2.24, 2.45) is 0 Å². The van der Waals surface area contributed by atoms with Crippen molar-refractivity contribution in [1.29, 1.82) is 0 Å². The third-order valence-electron chi connectivity index (χ3n) is 3.48. The van der Waals surface area contributed by atoms with E-state index in [9.17, 15) is 0 Å². The minimum absolute atomic E-state index is 1.01. The highest BCUT2D eigenvalue weighted by Crippen LogP contribution is 2.12. The fraction of sp³-hybridized carbons (Fsp3) is 0.882. The molecular formula is C17H33Br. The predicted octanol–water partition coefficient (Wildman–Crippen LogP) is 7.03. The normalized spacial score (nSPS) is 11.4. The van der Waals surface area contributed by atoms with E-state index in [1.807, 2.05) is 0 Å². The summed E-state index contributed by atoms with van der Waals surface area (Å²) >= 11 is 3.40. The lowest BCUT2D eigenvalue weighted by atomic mass is 10.0. The minimum atomic E-state index is 1.01. The molecule has 0 bridgehead atoms. The molecule has 0 aliphatic carbocycles. The quantitative estimate of drug-likeness (QED) is 0.183. The molecule has 1 heteroatoms. The second-order valence-corrected chi connectivity index (χ2v) is 5.95. The Morgan fingerprint density at radius 1 is 0.611 bits per heavy atom. The van der Waals surface area contributed by atoms with Gasteiger partial charge in [0.2, 0.25) is 0 Å². The van der Waals surface area contributed by atoms with Gasteiger partial charge in [-0.05, 0) is 12.8 Å². The molecule has 0 N–H and O–H groups in total. The van der Waals surface area contributed by atoms with Crippen molar-refractivity contribution in [3.05, 3.63) is 12.2 Å². The first-order chi connectivity index (χ1) is 8.91. The smallest absolute Gasteiger partial charge is 0.0212 e. The van der Waals surface area contributed by atoms with Crippen LogP contribution in [0.4, 0.5) is 0 Å². The van der Waals surface area contributed by atoms with Crippen molar-refractivity contribution >= 4 is 15.9 Å². The molecule has 0 rings (SSSR count). The van der Waals surface area contributed by atoms with E-state index in [4.69, 9.17) is 0 Å². The first-order valence-corrected chi connectivity index (χ1v) is 9.25. The fourth-order valence-corrected chi connectivity index (χ4v) is 2.55. The summed E-state index contributed by atoms with van der Waals surface area (Å²) in [5.41, 5.74) is 0. The van der Waals surface area contributed by atoms with Gasteiger partial charge >= 0.3 is 0 Å². The molecule has 0 spiro atoms. The van der Waals surface area contributed by atoms with Gasteiger partial charge in [-0.1, -0.05) is 106 Å². The van der Waals surface area contributed by atoms with Crippen molar-refractivity contribution in [2.45, 2.75) is 90.4 Å². The summed E-state index contributed by atoms with van der Waals surface area (Å²) in [6.07, 6.45) is 23.1. The minimum Gasteiger partial charge on any atom is -0.0883 e. The maximum absolute atomic E-state index is 3.40. The van der Waals surface area contributed by atoms with Crippen LogP contribution >= 0.6 is 15.9 Å². The van der Waals surface area contributed by atoms with Gasteiger partial charge in [-0.25, -0.2) is 0 Å². The summed E-state index contributed by atoms with van der Waals surface area (Å²) < 4.78 is 0. The molecule has 0 aliphatic heterocycles. The van der Waals surface area contributed by atoms with Crippen molar-refractivity contribution < 1.29 is 0 Å². The molecule has 0 fully saturated rings. The van der Waals surface area contributed by atoms with Gasteiger partial charge in [0.15, 0.2) is 0 Å². The van der Waals surface area contributed by atoms with Gasteiger partial charge in [-0.2, -0.15) is 0 Å². The zero-order valence-corrected chi connectivity index (χ0v) is 14.0. The van der Waals surface area contributed by atoms with E-state index in [1.54, 1.807) is 0 Å². The summed E-state index contributed by atoms with van der Waals surface area (Å²) in [7, 11) is 0. The highest BCUT2D eigenvalue weighted by molar-refractivity contribution is 9.09. The lowest BCUT2D eigenvalue weighted by Crippen LogP contribution is -1.82. The Morgan fingerprint density at radius 3 is 1.50 bits per heavy atom. The van der Waals surface area contributed by atoms with Gasteiger partial charge in [0.1, 0.15) is 0 Å². The third-order valence-corrected chi connectivity index (χ3v) is 3.85. The van der Waals surface area contributed by atoms with E-state index in [-0.39, 0.29) is 0 Å². The van der Waals surface area contributed by atoms with Gasteiger partial charge in [0.05, 0.1) is 0 Å². The van der Waals surface area contributed by atoms with E-state index in [0.717, 1.165) is 5.33 Å². The molecule has 0 aromatic carbocycles. The van der Waals surface area contributed by atoms with Crippen LogP contribution in [-0.4, -0.2) is 5.33 Å². The van der Waals surface area contributed by atoms with Crippen molar-refractivity contribution in [3.63, 3.8) is 0 Å². The Labute approximate surface area is 124 Å². The number of hydrogen-bond acceptors (Lipinski definition) is 0. The number of halogens is 1. The van der Waals surface area contributed by atoms with Gasteiger partial charge in [-0.3, -0.25) is 0 Å². The van der Waals surface area contributed by atoms with Crippen LogP contribution in [0.15, 0.2) is 12.2 Å². The molecule has 0 aromatic heterocycles. The van der Waals surface area contributed by atoms with Crippen LogP contribution in [0.2, 0.25) is 0 Å². The van der Waals surface area contributed by atoms with E-state index in [1.165, 1.54) is 83.5 Å². The monoisotopic (exact) mass is 316 g/mol. The van der Waals surface area contributed by atoms with E-state index < -0.39 is 0 Å². The second-order valence-electron chi connectivity index (χ2n) is 5.30. The number of rotatable bonds is 14. The first-order valence-electron chi connectivity index (χ1n) is 8.12. The van der Waals surface area contributed by atoms with Crippen LogP contribution in [0.5, 0.6) is 0 Å². The van der Waals surface area contributed by atoms with Crippen molar-refractivity contribution in [1.82, 2.24) is 0 Å². The SMILES string of the molecule is CCCCCCCCCCCCCC/C=C/CBr. The molecule has 0 nitrogen and oxygen atoms in total. The van der Waals surface area contributed by atoms with Crippen LogP contribution < -0.4 is 0 Å². The summed E-state index contributed by atoms with van der Waals surface area (Å²) in [4.78, 5) is 0. The maximum atomic E-state index is 3.40. The predicted molar refractivity (Wildman–Crippen MR) is 88.6 cm³/mol. The molecule has 0 heterocycles. The van der Waals surface area contributed by atoms with Crippen LogP contribution in [-0.2, 0) is 0 Å². The Morgan fingerprint density at radius 2 is 1.06 bits per heavy atom. The molecule has 0 amide bonds. The van der Waals surface area contributed by atoms with Crippen molar-refractivity contribution in [2.75, 3.05) is 5.33 Å². The zero-order chi connectivity index (χ0) is 13.3. The number of hydrogen-bond donors (Lipinski definition) is 0.